The van der Waals surface area contributed by atoms with Crippen LogP contribution in [0.25, 0.3) is 0 Å². The van der Waals surface area contributed by atoms with Crippen molar-refractivity contribution in [1.82, 2.24) is 0 Å². The lowest BCUT2D eigenvalue weighted by molar-refractivity contribution is 0.296. The van der Waals surface area contributed by atoms with Crippen LogP contribution in [0.1, 0.15) is 5.56 Å². The predicted octanol–water partition coefficient (Wildman–Crippen LogP) is 0.279. The summed E-state index contributed by atoms with van der Waals surface area (Å²) in [6, 6.07) is 6.33. The van der Waals surface area contributed by atoms with Gasteiger partial charge in [0, 0.05) is 11.8 Å². The van der Waals surface area contributed by atoms with Crippen LogP contribution in [0, 0.1) is 0 Å². The van der Waals surface area contributed by atoms with Gasteiger partial charge in [-0.3, -0.25) is 0 Å². The van der Waals surface area contributed by atoms with Crippen molar-refractivity contribution in [1.29, 1.82) is 0 Å². The van der Waals surface area contributed by atoms with Crippen LogP contribution < -0.4 is 4.74 Å². The fraction of sp³-hybridized carbons (Fsp3) is 0.364. The lowest BCUT2D eigenvalue weighted by Crippen LogP contribution is -2.33. The van der Waals surface area contributed by atoms with Crippen LogP contribution in [0.15, 0.2) is 29.4 Å². The van der Waals surface area contributed by atoms with Gasteiger partial charge in [0.1, 0.15) is 16.7 Å². The van der Waals surface area contributed by atoms with Crippen molar-refractivity contribution < 1.29 is 23.5 Å². The highest BCUT2D eigenvalue weighted by atomic mass is 32.2. The normalized spacial score (nSPS) is 14.3. The lowest BCUT2D eigenvalue weighted by atomic mass is 10.1. The van der Waals surface area contributed by atoms with E-state index in [2.05, 4.69) is 5.16 Å². The number of oxime groups is 1. The maximum atomic E-state index is 11.5. The molecule has 0 saturated carbocycles. The molecular formula is C11H15NO5S. The third-order valence-corrected chi connectivity index (χ3v) is 3.89. The molecule has 1 aromatic rings. The fourth-order valence-electron chi connectivity index (χ4n) is 1.49. The van der Waals surface area contributed by atoms with E-state index in [1.165, 1.54) is 7.11 Å². The molecule has 0 aromatic heterocycles. The Kier molecular flexibility index (Phi) is 4.69. The highest BCUT2D eigenvalue weighted by Gasteiger charge is 2.27. The van der Waals surface area contributed by atoms with Gasteiger partial charge >= 0.3 is 0 Å². The first-order valence-corrected chi connectivity index (χ1v) is 7.05. The highest BCUT2D eigenvalue weighted by Crippen LogP contribution is 2.15. The van der Waals surface area contributed by atoms with Gasteiger partial charge in [-0.2, -0.15) is 0 Å². The van der Waals surface area contributed by atoms with Gasteiger partial charge in [0.25, 0.3) is 0 Å². The fourth-order valence-corrected chi connectivity index (χ4v) is 2.35. The molecule has 0 saturated heterocycles. The number of aliphatic hydroxyl groups excluding tert-OH is 1. The summed E-state index contributed by atoms with van der Waals surface area (Å²) in [5.74, 6) is 0.593. The first-order chi connectivity index (χ1) is 8.43. The van der Waals surface area contributed by atoms with Crippen LogP contribution in [-0.4, -0.2) is 49.7 Å². The quantitative estimate of drug-likeness (QED) is 0.456. The van der Waals surface area contributed by atoms with Crippen molar-refractivity contribution >= 4 is 15.5 Å². The first-order valence-electron chi connectivity index (χ1n) is 5.10. The number of sulfone groups is 1. The Morgan fingerprint density at radius 2 is 1.94 bits per heavy atom. The van der Waals surface area contributed by atoms with Crippen LogP contribution in [-0.2, 0) is 9.84 Å². The Morgan fingerprint density at radius 1 is 1.39 bits per heavy atom. The molecule has 0 fully saturated rings. The van der Waals surface area contributed by atoms with Crippen molar-refractivity contribution in [3.05, 3.63) is 29.8 Å². The molecule has 18 heavy (non-hydrogen) atoms. The summed E-state index contributed by atoms with van der Waals surface area (Å²) in [5, 5.41) is 19.8. The third-order valence-electron chi connectivity index (χ3n) is 2.48. The summed E-state index contributed by atoms with van der Waals surface area (Å²) in [5.41, 5.74) is 0.311. The minimum absolute atomic E-state index is 0.0948. The lowest BCUT2D eigenvalue weighted by Gasteiger charge is -2.14. The van der Waals surface area contributed by atoms with Gasteiger partial charge in [-0.05, 0) is 24.3 Å². The maximum Gasteiger partial charge on any atom is 0.158 e. The second kappa shape index (κ2) is 5.83. The Hall–Kier alpha value is -1.60. The number of rotatable bonds is 5. The van der Waals surface area contributed by atoms with Gasteiger partial charge in [-0.25, -0.2) is 8.42 Å². The number of nitrogens with zero attached hydrogens (tertiary/aromatic N) is 1. The van der Waals surface area contributed by atoms with E-state index in [1.54, 1.807) is 24.3 Å². The Balaban J connectivity index is 3.17. The van der Waals surface area contributed by atoms with Crippen LogP contribution in [0.2, 0.25) is 0 Å². The Morgan fingerprint density at radius 3 is 2.28 bits per heavy atom. The minimum Gasteiger partial charge on any atom is -0.497 e. The zero-order chi connectivity index (χ0) is 13.8. The molecule has 0 radical (unpaired) electrons. The van der Waals surface area contributed by atoms with E-state index in [1.807, 2.05) is 0 Å². The molecule has 2 N–H and O–H groups in total. The average molecular weight is 273 g/mol. The molecule has 1 aromatic carbocycles. The number of hydrogen-bond acceptors (Lipinski definition) is 6. The maximum absolute atomic E-state index is 11.5. The van der Waals surface area contributed by atoms with Crippen molar-refractivity contribution in [2.75, 3.05) is 20.0 Å². The zero-order valence-electron chi connectivity index (χ0n) is 10.1. The molecule has 0 heterocycles. The summed E-state index contributed by atoms with van der Waals surface area (Å²) >= 11 is 0. The molecule has 0 aliphatic heterocycles. The Labute approximate surface area is 105 Å². The second-order valence-corrected chi connectivity index (χ2v) is 5.94. The number of methoxy groups -OCH3 is 1. The molecule has 1 unspecified atom stereocenters. The van der Waals surface area contributed by atoms with Crippen LogP contribution in [0.5, 0.6) is 5.75 Å². The van der Waals surface area contributed by atoms with Crippen molar-refractivity contribution in [3.63, 3.8) is 0 Å². The molecule has 100 valence electrons. The van der Waals surface area contributed by atoms with E-state index in [9.17, 15) is 8.42 Å². The third kappa shape index (κ3) is 3.21. The molecule has 6 nitrogen and oxygen atoms in total. The van der Waals surface area contributed by atoms with Gasteiger partial charge in [-0.1, -0.05) is 5.16 Å². The number of benzene rings is 1. The molecular weight excluding hydrogens is 258 g/mol. The summed E-state index contributed by atoms with van der Waals surface area (Å²) in [4.78, 5) is 0. The van der Waals surface area contributed by atoms with Crippen molar-refractivity contribution in [2.24, 2.45) is 5.16 Å². The molecule has 0 amide bonds. The standard InChI is InChI=1S/C11H15NO5S/c1-17-9-5-3-8(4-6-9)11(12-14)10(7-13)18(2,15)16/h3-6,10,13-14H,7H2,1-2H3/b12-11+. The summed E-state index contributed by atoms with van der Waals surface area (Å²) in [6.45, 7) is -0.649. The van der Waals surface area contributed by atoms with E-state index in [0.717, 1.165) is 6.26 Å². The molecule has 7 heteroatoms. The van der Waals surface area contributed by atoms with Gasteiger partial charge in [0.15, 0.2) is 9.84 Å². The summed E-state index contributed by atoms with van der Waals surface area (Å²) in [6.07, 6.45) is 0.975. The van der Waals surface area contributed by atoms with Crippen molar-refractivity contribution in [2.45, 2.75) is 5.25 Å². The molecule has 1 atom stereocenters. The van der Waals surface area contributed by atoms with E-state index in [-0.39, 0.29) is 5.71 Å². The second-order valence-electron chi connectivity index (χ2n) is 3.71. The van der Waals surface area contributed by atoms with Crippen molar-refractivity contribution in [3.8, 4) is 5.75 Å². The molecule has 0 spiro atoms. The van der Waals surface area contributed by atoms with E-state index < -0.39 is 21.7 Å². The first kappa shape index (κ1) is 14.5. The van der Waals surface area contributed by atoms with Gasteiger partial charge < -0.3 is 15.1 Å². The van der Waals surface area contributed by atoms with E-state index in [0.29, 0.717) is 11.3 Å². The monoisotopic (exact) mass is 273 g/mol. The zero-order valence-corrected chi connectivity index (χ0v) is 10.9. The van der Waals surface area contributed by atoms with Crippen LogP contribution in [0.4, 0.5) is 0 Å². The molecule has 0 aliphatic rings. The van der Waals surface area contributed by atoms with Gasteiger partial charge in [0.05, 0.1) is 13.7 Å². The molecule has 1 rings (SSSR count). The largest absolute Gasteiger partial charge is 0.497 e. The van der Waals surface area contributed by atoms with Crippen LogP contribution in [0.3, 0.4) is 0 Å². The van der Waals surface area contributed by atoms with E-state index >= 15 is 0 Å². The topological polar surface area (TPSA) is 96.2 Å². The summed E-state index contributed by atoms with van der Waals surface area (Å²) < 4.78 is 27.9. The van der Waals surface area contributed by atoms with E-state index in [4.69, 9.17) is 15.1 Å². The average Bonchev–Trinajstić information content (AvgIpc) is 2.34. The molecule has 0 bridgehead atoms. The number of hydrogen-bond donors (Lipinski definition) is 2. The Bertz CT molecular complexity index is 521. The summed E-state index contributed by atoms with van der Waals surface area (Å²) in [7, 11) is -2.06. The number of ether oxygens (including phenoxy) is 1. The number of aliphatic hydroxyl groups is 1. The highest BCUT2D eigenvalue weighted by molar-refractivity contribution is 7.92. The molecule has 0 aliphatic carbocycles. The van der Waals surface area contributed by atoms with Gasteiger partial charge in [-0.15, -0.1) is 0 Å². The minimum atomic E-state index is -3.56. The van der Waals surface area contributed by atoms with Gasteiger partial charge in [0.2, 0.25) is 0 Å². The smallest absolute Gasteiger partial charge is 0.158 e. The predicted molar refractivity (Wildman–Crippen MR) is 67.0 cm³/mol. The SMILES string of the molecule is COc1ccc(/C(=N\O)C(CO)S(C)(=O)=O)cc1. The van der Waals surface area contributed by atoms with Crippen LogP contribution >= 0.6 is 0 Å².